The Kier molecular flexibility index (Phi) is 6.19. The Bertz CT molecular complexity index is 530. The summed E-state index contributed by atoms with van der Waals surface area (Å²) in [6.45, 7) is 0. The number of hydrogen-bond donors (Lipinski definition) is 3. The molecule has 0 aliphatic heterocycles. The van der Waals surface area contributed by atoms with Crippen LogP contribution in [-0.4, -0.2) is 36.0 Å². The van der Waals surface area contributed by atoms with Crippen LogP contribution in [0.1, 0.15) is 18.4 Å². The number of carbonyl (C=O) groups is 3. The van der Waals surface area contributed by atoms with Crippen molar-refractivity contribution in [1.29, 1.82) is 0 Å². The van der Waals surface area contributed by atoms with Crippen molar-refractivity contribution in [2.75, 3.05) is 7.11 Å². The van der Waals surface area contributed by atoms with Gasteiger partial charge in [0.2, 0.25) is 11.8 Å². The topological polar surface area (TPSA) is 119 Å². The molecule has 0 saturated heterocycles. The molecule has 2 amide bonds. The lowest BCUT2D eigenvalue weighted by Crippen LogP contribution is -2.43. The minimum absolute atomic E-state index is 0.0862. The fourth-order valence-corrected chi connectivity index (χ4v) is 1.83. The zero-order chi connectivity index (χ0) is 15.8. The summed E-state index contributed by atoms with van der Waals surface area (Å²) in [5, 5.41) is 11.2. The van der Waals surface area contributed by atoms with Gasteiger partial charge in [0.1, 0.15) is 11.8 Å². The standard InChI is InChI=1S/C14H18N2O5/c1-21-11-5-3-2-4-9(11)6-7-13(18)16-10(14(19)20)8-12(15)17/h2-5,10H,6-8H2,1H3,(H2,15,17)(H,16,18)(H,19,20)/t10-/m1/s1. The number of amides is 2. The van der Waals surface area contributed by atoms with Crippen LogP contribution in [0.2, 0.25) is 0 Å². The third kappa shape index (κ3) is 5.52. The normalized spacial score (nSPS) is 11.5. The molecule has 0 aliphatic rings. The van der Waals surface area contributed by atoms with E-state index in [0.29, 0.717) is 12.2 Å². The predicted molar refractivity (Wildman–Crippen MR) is 74.7 cm³/mol. The molecule has 1 aromatic rings. The molecular formula is C14H18N2O5. The van der Waals surface area contributed by atoms with Crippen LogP contribution in [0.15, 0.2) is 24.3 Å². The van der Waals surface area contributed by atoms with E-state index in [1.807, 2.05) is 18.2 Å². The maximum absolute atomic E-state index is 11.7. The second kappa shape index (κ2) is 7.88. The van der Waals surface area contributed by atoms with Gasteiger partial charge < -0.3 is 20.9 Å². The minimum atomic E-state index is -1.30. The molecule has 1 aromatic carbocycles. The van der Waals surface area contributed by atoms with Crippen molar-refractivity contribution in [3.63, 3.8) is 0 Å². The number of hydrogen-bond acceptors (Lipinski definition) is 4. The van der Waals surface area contributed by atoms with Crippen LogP contribution in [0.5, 0.6) is 5.75 Å². The van der Waals surface area contributed by atoms with Crippen molar-refractivity contribution >= 4 is 17.8 Å². The third-order valence-electron chi connectivity index (χ3n) is 2.85. The van der Waals surface area contributed by atoms with Crippen LogP contribution in [0.25, 0.3) is 0 Å². The van der Waals surface area contributed by atoms with Crippen LogP contribution in [-0.2, 0) is 20.8 Å². The first-order valence-corrected chi connectivity index (χ1v) is 6.36. The number of carboxylic acids is 1. The van der Waals surface area contributed by atoms with E-state index < -0.39 is 30.2 Å². The molecule has 0 radical (unpaired) electrons. The SMILES string of the molecule is COc1ccccc1CCC(=O)N[C@H](CC(N)=O)C(=O)O. The second-order valence-electron chi connectivity index (χ2n) is 4.44. The Morgan fingerprint density at radius 1 is 1.33 bits per heavy atom. The molecule has 0 aromatic heterocycles. The first kappa shape index (κ1) is 16.5. The van der Waals surface area contributed by atoms with Gasteiger partial charge in [-0.3, -0.25) is 9.59 Å². The van der Waals surface area contributed by atoms with Gasteiger partial charge in [-0.2, -0.15) is 0 Å². The fraction of sp³-hybridized carbons (Fsp3) is 0.357. The van der Waals surface area contributed by atoms with Crippen molar-refractivity contribution in [3.8, 4) is 5.75 Å². The third-order valence-corrected chi connectivity index (χ3v) is 2.85. The van der Waals surface area contributed by atoms with Gasteiger partial charge >= 0.3 is 5.97 Å². The van der Waals surface area contributed by atoms with Crippen molar-refractivity contribution in [2.24, 2.45) is 5.73 Å². The number of primary amides is 1. The van der Waals surface area contributed by atoms with E-state index in [-0.39, 0.29) is 6.42 Å². The molecular weight excluding hydrogens is 276 g/mol. The summed E-state index contributed by atoms with van der Waals surface area (Å²) < 4.78 is 5.16. The monoisotopic (exact) mass is 294 g/mol. The average Bonchev–Trinajstić information content (AvgIpc) is 2.44. The highest BCUT2D eigenvalue weighted by Crippen LogP contribution is 2.18. The summed E-state index contributed by atoms with van der Waals surface area (Å²) in [6.07, 6.45) is 0.0530. The molecule has 114 valence electrons. The summed E-state index contributed by atoms with van der Waals surface area (Å²) in [5.41, 5.74) is 5.78. The predicted octanol–water partition coefficient (Wildman–Crippen LogP) is 0.0726. The Hall–Kier alpha value is -2.57. The van der Waals surface area contributed by atoms with E-state index >= 15 is 0 Å². The highest BCUT2D eigenvalue weighted by molar-refractivity contribution is 5.88. The quantitative estimate of drug-likeness (QED) is 0.627. The average molecular weight is 294 g/mol. The molecule has 7 heteroatoms. The molecule has 0 spiro atoms. The fourth-order valence-electron chi connectivity index (χ4n) is 1.83. The van der Waals surface area contributed by atoms with E-state index in [9.17, 15) is 14.4 Å². The van der Waals surface area contributed by atoms with Crippen LogP contribution >= 0.6 is 0 Å². The number of ether oxygens (including phenoxy) is 1. The van der Waals surface area contributed by atoms with Crippen LogP contribution < -0.4 is 15.8 Å². The molecule has 0 fully saturated rings. The van der Waals surface area contributed by atoms with Crippen LogP contribution in [0.3, 0.4) is 0 Å². The highest BCUT2D eigenvalue weighted by atomic mass is 16.5. The Morgan fingerprint density at radius 3 is 2.57 bits per heavy atom. The molecule has 0 bridgehead atoms. The summed E-state index contributed by atoms with van der Waals surface area (Å²) in [6, 6.07) is 5.94. The van der Waals surface area contributed by atoms with E-state index in [2.05, 4.69) is 5.32 Å². The number of nitrogens with one attached hydrogen (secondary N) is 1. The van der Waals surface area contributed by atoms with Gasteiger partial charge in [-0.05, 0) is 18.1 Å². The Morgan fingerprint density at radius 2 is 2.00 bits per heavy atom. The number of carboxylic acid groups (broad SMARTS) is 1. The molecule has 7 nitrogen and oxygen atoms in total. The number of rotatable bonds is 8. The lowest BCUT2D eigenvalue weighted by molar-refractivity contribution is -0.143. The number of methoxy groups -OCH3 is 1. The van der Waals surface area contributed by atoms with Gasteiger partial charge in [-0.25, -0.2) is 4.79 Å². The molecule has 1 atom stereocenters. The summed E-state index contributed by atoms with van der Waals surface area (Å²) in [5.74, 6) is -1.88. The highest BCUT2D eigenvalue weighted by Gasteiger charge is 2.21. The lowest BCUT2D eigenvalue weighted by atomic mass is 10.1. The van der Waals surface area contributed by atoms with E-state index in [0.717, 1.165) is 5.56 Å². The molecule has 1 rings (SSSR count). The Balaban J connectivity index is 2.56. The van der Waals surface area contributed by atoms with Crippen molar-refractivity contribution in [2.45, 2.75) is 25.3 Å². The summed E-state index contributed by atoms with van der Waals surface area (Å²) in [4.78, 5) is 33.4. The number of aryl methyl sites for hydroxylation is 1. The molecule has 0 saturated carbocycles. The second-order valence-corrected chi connectivity index (χ2v) is 4.44. The lowest BCUT2D eigenvalue weighted by Gasteiger charge is -2.13. The molecule has 4 N–H and O–H groups in total. The Labute approximate surface area is 122 Å². The van der Waals surface area contributed by atoms with Crippen LogP contribution in [0.4, 0.5) is 0 Å². The van der Waals surface area contributed by atoms with Gasteiger partial charge in [-0.1, -0.05) is 18.2 Å². The first-order chi connectivity index (χ1) is 9.93. The summed E-state index contributed by atoms with van der Waals surface area (Å²) in [7, 11) is 1.53. The number of aliphatic carboxylic acids is 1. The van der Waals surface area contributed by atoms with Crippen molar-refractivity contribution in [3.05, 3.63) is 29.8 Å². The molecule has 0 heterocycles. The summed E-state index contributed by atoms with van der Waals surface area (Å²) >= 11 is 0. The molecule has 21 heavy (non-hydrogen) atoms. The van der Waals surface area contributed by atoms with E-state index in [4.69, 9.17) is 15.6 Å². The maximum atomic E-state index is 11.7. The van der Waals surface area contributed by atoms with Gasteiger partial charge in [0.15, 0.2) is 0 Å². The van der Waals surface area contributed by atoms with E-state index in [1.165, 1.54) is 7.11 Å². The minimum Gasteiger partial charge on any atom is -0.496 e. The zero-order valence-corrected chi connectivity index (χ0v) is 11.7. The smallest absolute Gasteiger partial charge is 0.326 e. The number of carbonyl (C=O) groups excluding carboxylic acids is 2. The molecule has 0 aliphatic carbocycles. The van der Waals surface area contributed by atoms with Crippen molar-refractivity contribution < 1.29 is 24.2 Å². The first-order valence-electron chi connectivity index (χ1n) is 6.36. The zero-order valence-electron chi connectivity index (χ0n) is 11.7. The largest absolute Gasteiger partial charge is 0.496 e. The molecule has 0 unspecified atom stereocenters. The van der Waals surface area contributed by atoms with E-state index in [1.54, 1.807) is 6.07 Å². The van der Waals surface area contributed by atoms with Gasteiger partial charge in [-0.15, -0.1) is 0 Å². The van der Waals surface area contributed by atoms with Crippen LogP contribution in [0, 0.1) is 0 Å². The van der Waals surface area contributed by atoms with Crippen molar-refractivity contribution in [1.82, 2.24) is 5.32 Å². The number of benzene rings is 1. The number of para-hydroxylation sites is 1. The number of nitrogens with two attached hydrogens (primary N) is 1. The maximum Gasteiger partial charge on any atom is 0.326 e. The van der Waals surface area contributed by atoms with Gasteiger partial charge in [0, 0.05) is 6.42 Å². The van der Waals surface area contributed by atoms with Gasteiger partial charge in [0.25, 0.3) is 0 Å². The van der Waals surface area contributed by atoms with Gasteiger partial charge in [0.05, 0.1) is 13.5 Å².